The minimum absolute atomic E-state index is 0.147. The molecule has 2 N–H and O–H groups in total. The molecule has 2 aromatic carbocycles. The smallest absolute Gasteiger partial charge is 0.338 e. The quantitative estimate of drug-likeness (QED) is 0.323. The van der Waals surface area contributed by atoms with Crippen LogP contribution in [0, 0.1) is 0 Å². The first-order valence-electron chi connectivity index (χ1n) is 11.1. The fourth-order valence-electron chi connectivity index (χ4n) is 3.49. The van der Waals surface area contributed by atoms with Crippen LogP contribution in [0.25, 0.3) is 11.2 Å². The van der Waals surface area contributed by atoms with E-state index in [1.165, 1.54) is 17.2 Å². The molecular weight excluding hydrogens is 469 g/mol. The van der Waals surface area contributed by atoms with Crippen molar-refractivity contribution in [3.05, 3.63) is 84.4 Å². The highest BCUT2D eigenvalue weighted by Gasteiger charge is 2.28. The Morgan fingerprint density at radius 1 is 1.03 bits per heavy atom. The number of hydrogen-bond donors (Lipinski definition) is 2. The zero-order valence-electron chi connectivity index (χ0n) is 19.3. The number of alkyl halides is 1. The number of carbonyl (C=O) groups is 2. The molecule has 36 heavy (non-hydrogen) atoms. The highest BCUT2D eigenvalue weighted by Crippen LogP contribution is 2.24. The van der Waals surface area contributed by atoms with Gasteiger partial charge in [0.1, 0.15) is 25.2 Å². The van der Waals surface area contributed by atoms with Crippen LogP contribution in [0.5, 0.6) is 0 Å². The highest BCUT2D eigenvalue weighted by molar-refractivity contribution is 6.06. The lowest BCUT2D eigenvalue weighted by molar-refractivity contribution is -0.126. The molecule has 11 heteroatoms. The Morgan fingerprint density at radius 3 is 2.33 bits per heavy atom. The van der Waals surface area contributed by atoms with Crippen LogP contribution in [0.3, 0.4) is 0 Å². The normalized spacial score (nSPS) is 13.6. The first kappa shape index (κ1) is 24.9. The molecular formula is C25H24FN5O5. The summed E-state index contributed by atoms with van der Waals surface area (Å²) >= 11 is 0. The standard InChI is InChI=1S/C25H24FN5O5/c1-16(35-25(34)18-10-6-3-7-11-18)19(13-32)36-20(12-26)31-15-29-21-22(27-14-28-23(21)31)30-24(33)17-8-4-2-5-9-17/h2-11,14-16,19-20,32H,12-13H2,1H3,(H,27,28,30,33)/t16-,19+,20?/m0/s1. The topological polar surface area (TPSA) is 128 Å². The summed E-state index contributed by atoms with van der Waals surface area (Å²) in [4.78, 5) is 37.4. The number of nitrogens with zero attached hydrogens (tertiary/aromatic N) is 4. The number of esters is 1. The number of aromatic nitrogens is 4. The van der Waals surface area contributed by atoms with E-state index in [0.29, 0.717) is 11.1 Å². The maximum atomic E-state index is 14.1. The zero-order valence-corrected chi connectivity index (χ0v) is 19.3. The maximum Gasteiger partial charge on any atom is 0.338 e. The summed E-state index contributed by atoms with van der Waals surface area (Å²) in [6, 6.07) is 16.9. The van der Waals surface area contributed by atoms with Crippen LogP contribution < -0.4 is 5.32 Å². The van der Waals surface area contributed by atoms with Crippen LogP contribution in [0.2, 0.25) is 0 Å². The van der Waals surface area contributed by atoms with E-state index in [-0.39, 0.29) is 17.0 Å². The zero-order chi connectivity index (χ0) is 25.5. The van der Waals surface area contributed by atoms with Gasteiger partial charge in [-0.05, 0) is 31.2 Å². The average molecular weight is 493 g/mol. The van der Waals surface area contributed by atoms with Crippen molar-refractivity contribution in [2.75, 3.05) is 18.6 Å². The Morgan fingerprint density at radius 2 is 1.69 bits per heavy atom. The molecule has 2 aromatic heterocycles. The van der Waals surface area contributed by atoms with Gasteiger partial charge in [-0.25, -0.2) is 24.1 Å². The Kier molecular flexibility index (Phi) is 7.93. The molecule has 0 aliphatic rings. The summed E-state index contributed by atoms with van der Waals surface area (Å²) in [5.74, 6) is -0.839. The van der Waals surface area contributed by atoms with Crippen molar-refractivity contribution in [3.8, 4) is 0 Å². The Bertz CT molecular complexity index is 1320. The Hall–Kier alpha value is -4.22. The molecule has 0 saturated carbocycles. The molecule has 186 valence electrons. The molecule has 1 amide bonds. The fraction of sp³-hybridized carbons (Fsp3) is 0.240. The molecule has 4 aromatic rings. The third-order valence-electron chi connectivity index (χ3n) is 5.41. The fourth-order valence-corrected chi connectivity index (χ4v) is 3.49. The van der Waals surface area contributed by atoms with Gasteiger partial charge in [-0.1, -0.05) is 36.4 Å². The molecule has 3 atom stereocenters. The summed E-state index contributed by atoms with van der Waals surface area (Å²) in [6.45, 7) is 0.0270. The second kappa shape index (κ2) is 11.5. The number of amides is 1. The molecule has 2 heterocycles. The predicted octanol–water partition coefficient (Wildman–Crippen LogP) is 3.17. The summed E-state index contributed by atoms with van der Waals surface area (Å²) in [6.07, 6.45) is -0.643. The number of anilines is 1. The lowest BCUT2D eigenvalue weighted by atomic mass is 10.2. The summed E-state index contributed by atoms with van der Waals surface area (Å²) in [5.41, 5.74) is 1.21. The number of imidazole rings is 1. The minimum atomic E-state index is -1.24. The van der Waals surface area contributed by atoms with Gasteiger partial charge in [0.15, 0.2) is 23.2 Å². The van der Waals surface area contributed by atoms with E-state index in [0.717, 1.165) is 0 Å². The molecule has 10 nitrogen and oxygen atoms in total. The Labute approximate surface area is 205 Å². The van der Waals surface area contributed by atoms with Crippen LogP contribution in [0.4, 0.5) is 10.2 Å². The Balaban J connectivity index is 1.51. The van der Waals surface area contributed by atoms with Crippen molar-refractivity contribution in [1.82, 2.24) is 19.5 Å². The average Bonchev–Trinajstić information content (AvgIpc) is 3.35. The van der Waals surface area contributed by atoms with Crippen molar-refractivity contribution < 1.29 is 28.6 Å². The lowest BCUT2D eigenvalue weighted by Crippen LogP contribution is -2.36. The molecule has 0 saturated heterocycles. The van der Waals surface area contributed by atoms with E-state index in [1.54, 1.807) is 67.6 Å². The third-order valence-corrected chi connectivity index (χ3v) is 5.41. The van der Waals surface area contributed by atoms with Crippen molar-refractivity contribution in [3.63, 3.8) is 0 Å². The van der Waals surface area contributed by atoms with Gasteiger partial charge in [0, 0.05) is 5.56 Å². The van der Waals surface area contributed by atoms with Crippen LogP contribution >= 0.6 is 0 Å². The second-order valence-corrected chi connectivity index (χ2v) is 7.81. The van der Waals surface area contributed by atoms with E-state index in [2.05, 4.69) is 20.3 Å². The number of hydrogen-bond acceptors (Lipinski definition) is 8. The molecule has 0 spiro atoms. The summed E-state index contributed by atoms with van der Waals surface area (Å²) < 4.78 is 26.6. The maximum absolute atomic E-state index is 14.1. The van der Waals surface area contributed by atoms with Gasteiger partial charge in [-0.2, -0.15) is 0 Å². The molecule has 0 fully saturated rings. The molecule has 4 rings (SSSR count). The largest absolute Gasteiger partial charge is 0.456 e. The number of aliphatic hydroxyl groups excluding tert-OH is 1. The van der Waals surface area contributed by atoms with Gasteiger partial charge in [0.25, 0.3) is 5.91 Å². The van der Waals surface area contributed by atoms with Crippen molar-refractivity contribution >= 4 is 28.9 Å². The first-order chi connectivity index (χ1) is 17.5. The predicted molar refractivity (Wildman–Crippen MR) is 128 cm³/mol. The first-order valence-corrected chi connectivity index (χ1v) is 11.1. The van der Waals surface area contributed by atoms with Gasteiger partial charge in [0.2, 0.25) is 0 Å². The van der Waals surface area contributed by atoms with Crippen LogP contribution in [-0.2, 0) is 9.47 Å². The van der Waals surface area contributed by atoms with Crippen molar-refractivity contribution in [1.29, 1.82) is 0 Å². The SMILES string of the molecule is C[C@H](OC(=O)c1ccccc1)[C@@H](CO)OC(CF)n1cnc2c(NC(=O)c3ccccc3)ncnc21. The van der Waals surface area contributed by atoms with Gasteiger partial charge >= 0.3 is 5.97 Å². The van der Waals surface area contributed by atoms with E-state index < -0.39 is 43.6 Å². The third kappa shape index (κ3) is 5.53. The number of rotatable bonds is 10. The molecule has 0 aliphatic carbocycles. The second-order valence-electron chi connectivity index (χ2n) is 7.81. The molecule has 0 radical (unpaired) electrons. The van der Waals surface area contributed by atoms with Gasteiger partial charge in [0.05, 0.1) is 18.5 Å². The van der Waals surface area contributed by atoms with Crippen molar-refractivity contribution in [2.45, 2.75) is 25.4 Å². The lowest BCUT2D eigenvalue weighted by Gasteiger charge is -2.27. The number of aliphatic hydroxyl groups is 1. The monoisotopic (exact) mass is 493 g/mol. The number of benzene rings is 2. The van der Waals surface area contributed by atoms with Gasteiger partial charge in [-0.15, -0.1) is 0 Å². The number of fused-ring (bicyclic) bond motifs is 1. The van der Waals surface area contributed by atoms with E-state index in [9.17, 15) is 19.1 Å². The number of carbonyl (C=O) groups excluding carboxylic acids is 2. The molecule has 0 aliphatic heterocycles. The van der Waals surface area contributed by atoms with Gasteiger partial charge in [-0.3, -0.25) is 9.36 Å². The highest BCUT2D eigenvalue weighted by atomic mass is 19.1. The van der Waals surface area contributed by atoms with Gasteiger partial charge < -0.3 is 19.9 Å². The van der Waals surface area contributed by atoms with E-state index in [1.807, 2.05) is 0 Å². The van der Waals surface area contributed by atoms with Crippen LogP contribution in [0.15, 0.2) is 73.3 Å². The van der Waals surface area contributed by atoms with Crippen LogP contribution in [-0.4, -0.2) is 62.0 Å². The minimum Gasteiger partial charge on any atom is -0.456 e. The number of nitrogens with one attached hydrogen (secondary N) is 1. The summed E-state index contributed by atoms with van der Waals surface area (Å²) in [7, 11) is 0. The number of ether oxygens (including phenoxy) is 2. The molecule has 0 bridgehead atoms. The van der Waals surface area contributed by atoms with E-state index in [4.69, 9.17) is 9.47 Å². The van der Waals surface area contributed by atoms with Crippen LogP contribution in [0.1, 0.15) is 33.9 Å². The van der Waals surface area contributed by atoms with E-state index >= 15 is 0 Å². The van der Waals surface area contributed by atoms with Crippen molar-refractivity contribution in [2.24, 2.45) is 0 Å². The number of halogens is 1. The summed E-state index contributed by atoms with van der Waals surface area (Å²) in [5, 5.41) is 12.5. The molecule has 1 unspecified atom stereocenters.